The monoisotopic (exact) mass is 536 g/mol. The number of rotatable bonds is 9. The van der Waals surface area contributed by atoms with E-state index >= 15 is 4.39 Å². The normalized spacial score (nSPS) is 15.6. The van der Waals surface area contributed by atoms with Gasteiger partial charge >= 0.3 is 0 Å². The lowest BCUT2D eigenvalue weighted by Gasteiger charge is -2.22. The molecule has 0 bridgehead atoms. The minimum absolute atomic E-state index is 0.0944. The Balaban J connectivity index is 1.46. The van der Waals surface area contributed by atoms with E-state index in [1.807, 2.05) is 37.3 Å². The Morgan fingerprint density at radius 2 is 1.85 bits per heavy atom. The molecule has 0 aliphatic heterocycles. The van der Waals surface area contributed by atoms with Gasteiger partial charge in [-0.25, -0.2) is 13.5 Å². The molecule has 1 aliphatic rings. The number of fused-ring (bicyclic) bond motifs is 1. The summed E-state index contributed by atoms with van der Waals surface area (Å²) in [5, 5.41) is 25.4. The molecule has 2 atom stereocenters. The summed E-state index contributed by atoms with van der Waals surface area (Å²) in [5.74, 6) is -1.06. The fraction of sp³-hybridized carbons (Fsp3) is 0.226. The van der Waals surface area contributed by atoms with Gasteiger partial charge in [0.1, 0.15) is 23.1 Å². The lowest BCUT2D eigenvalue weighted by Crippen LogP contribution is -2.14. The summed E-state index contributed by atoms with van der Waals surface area (Å²) in [6.45, 7) is 2.03. The van der Waals surface area contributed by atoms with Crippen LogP contribution in [0.2, 0.25) is 0 Å². The predicted octanol–water partition coefficient (Wildman–Crippen LogP) is 7.08. The average molecular weight is 537 g/mol. The zero-order valence-electron chi connectivity index (χ0n) is 22.8. The maximum Gasteiger partial charge on any atom is 0.151 e. The number of aromatic nitrogens is 4. The lowest BCUT2D eigenvalue weighted by molar-refractivity contribution is 0.610. The first-order valence-corrected chi connectivity index (χ1v) is 13.2. The van der Waals surface area contributed by atoms with E-state index in [9.17, 15) is 11.0 Å². The van der Waals surface area contributed by atoms with Gasteiger partial charge in [0.25, 0.3) is 0 Å². The van der Waals surface area contributed by atoms with E-state index in [4.69, 9.17) is 0 Å². The fourth-order valence-corrected chi connectivity index (χ4v) is 4.81. The first-order chi connectivity index (χ1) is 19.9. The van der Waals surface area contributed by atoms with Crippen LogP contribution in [-0.4, -0.2) is 20.0 Å². The summed E-state index contributed by atoms with van der Waals surface area (Å²) in [7, 11) is 0. The van der Waals surface area contributed by atoms with Crippen LogP contribution in [0.15, 0.2) is 79.1 Å². The molecule has 6 rings (SSSR count). The molecule has 0 spiro atoms. The molecule has 0 unspecified atom stereocenters. The van der Waals surface area contributed by atoms with Gasteiger partial charge in [0.2, 0.25) is 0 Å². The summed E-state index contributed by atoms with van der Waals surface area (Å²) < 4.78 is 40.6. The van der Waals surface area contributed by atoms with Crippen molar-refractivity contribution in [2.75, 3.05) is 10.6 Å². The molecule has 7 nitrogen and oxygen atoms in total. The highest BCUT2D eigenvalue weighted by molar-refractivity contribution is 5.96. The van der Waals surface area contributed by atoms with Gasteiger partial charge < -0.3 is 10.6 Å². The Morgan fingerprint density at radius 3 is 2.55 bits per heavy atom. The molecule has 0 saturated heterocycles. The van der Waals surface area contributed by atoms with Crippen LogP contribution in [0.1, 0.15) is 68.0 Å². The van der Waals surface area contributed by atoms with Crippen molar-refractivity contribution in [3.8, 4) is 6.07 Å². The number of anilines is 2. The van der Waals surface area contributed by atoms with Gasteiger partial charge in [-0.05, 0) is 54.7 Å². The van der Waals surface area contributed by atoms with Crippen molar-refractivity contribution < 1.29 is 10.2 Å². The highest BCUT2D eigenvalue weighted by Gasteiger charge is 2.27. The number of pyridine rings is 1. The highest BCUT2D eigenvalue weighted by Crippen LogP contribution is 2.37. The van der Waals surface area contributed by atoms with Crippen molar-refractivity contribution in [3.05, 3.63) is 113 Å². The summed E-state index contributed by atoms with van der Waals surface area (Å²) in [4.78, 5) is 4.23. The Labute approximate surface area is 231 Å². The number of nitriles is 1. The van der Waals surface area contributed by atoms with Crippen molar-refractivity contribution in [1.82, 2.24) is 20.0 Å². The summed E-state index contributed by atoms with van der Waals surface area (Å²) in [5.41, 5.74) is 2.80. The van der Waals surface area contributed by atoms with E-state index in [1.165, 1.54) is 36.5 Å². The van der Waals surface area contributed by atoms with Crippen molar-refractivity contribution in [3.63, 3.8) is 0 Å². The number of benzene rings is 3. The molecule has 5 aromatic rings. The first-order valence-electron chi connectivity index (χ1n) is 13.7. The first kappa shape index (κ1) is 24.2. The van der Waals surface area contributed by atoms with Gasteiger partial charge in [0, 0.05) is 17.3 Å². The molecule has 2 aromatic heterocycles. The second kappa shape index (κ2) is 10.7. The van der Waals surface area contributed by atoms with Crippen molar-refractivity contribution in [1.29, 1.82) is 5.26 Å². The van der Waals surface area contributed by atoms with Gasteiger partial charge in [0.15, 0.2) is 5.82 Å². The lowest BCUT2D eigenvalue weighted by atomic mass is 10.0. The quantitative estimate of drug-likeness (QED) is 0.209. The van der Waals surface area contributed by atoms with Crippen molar-refractivity contribution >= 4 is 22.3 Å². The van der Waals surface area contributed by atoms with E-state index < -0.39 is 17.7 Å². The van der Waals surface area contributed by atoms with Crippen molar-refractivity contribution in [2.24, 2.45) is 0 Å². The highest BCUT2D eigenvalue weighted by atomic mass is 19.1. The van der Waals surface area contributed by atoms with Crippen LogP contribution in [-0.2, 0) is 0 Å². The fourth-order valence-electron chi connectivity index (χ4n) is 4.81. The molecular weight excluding hydrogens is 508 g/mol. The Bertz CT molecular complexity index is 1750. The number of nitrogens with one attached hydrogen (secondary N) is 2. The topological polar surface area (TPSA) is 91.5 Å². The molecule has 9 heteroatoms. The van der Waals surface area contributed by atoms with Crippen LogP contribution in [0.25, 0.3) is 10.9 Å². The molecule has 1 saturated carbocycles. The molecule has 1 fully saturated rings. The average Bonchev–Trinajstić information content (AvgIpc) is 3.72. The molecule has 2 heterocycles. The van der Waals surface area contributed by atoms with E-state index in [2.05, 4.69) is 32.0 Å². The molecule has 0 radical (unpaired) electrons. The summed E-state index contributed by atoms with van der Waals surface area (Å²) in [6, 6.07) is 18.8. The molecular formula is C31H27F2N7. The molecule has 200 valence electrons. The minimum Gasteiger partial charge on any atom is -0.377 e. The SMILES string of the molecule is [2H][C@@](Nc1cc(F)c2ncc(C#N)c(N[C@H](CC)c3ccccc3)c2c1)(c1ccc(F)cc1)c1cn(C2CC2)nn1. The number of nitrogens with zero attached hydrogens (tertiary/aromatic N) is 5. The third kappa shape index (κ3) is 5.08. The zero-order chi connectivity index (χ0) is 28.6. The molecule has 40 heavy (non-hydrogen) atoms. The third-order valence-electron chi connectivity index (χ3n) is 7.06. The predicted molar refractivity (Wildman–Crippen MR) is 150 cm³/mol. The van der Waals surface area contributed by atoms with E-state index in [-0.39, 0.29) is 34.5 Å². The van der Waals surface area contributed by atoms with Crippen LogP contribution in [0, 0.1) is 23.0 Å². The van der Waals surface area contributed by atoms with Gasteiger partial charge in [-0.3, -0.25) is 4.98 Å². The molecule has 3 aromatic carbocycles. The number of hydrogen-bond acceptors (Lipinski definition) is 6. The van der Waals surface area contributed by atoms with Gasteiger partial charge in [-0.15, -0.1) is 5.10 Å². The van der Waals surface area contributed by atoms with Crippen LogP contribution < -0.4 is 10.6 Å². The maximum absolute atomic E-state index is 15.6. The van der Waals surface area contributed by atoms with Crippen LogP contribution in [0.4, 0.5) is 20.2 Å². The van der Waals surface area contributed by atoms with Gasteiger partial charge in [-0.2, -0.15) is 5.26 Å². The Kier molecular flexibility index (Phi) is 6.50. The smallest absolute Gasteiger partial charge is 0.151 e. The Hall–Kier alpha value is -4.84. The van der Waals surface area contributed by atoms with E-state index in [1.54, 1.807) is 16.9 Å². The van der Waals surface area contributed by atoms with Gasteiger partial charge in [0.05, 0.1) is 36.9 Å². The summed E-state index contributed by atoms with van der Waals surface area (Å²) in [6.07, 6.45) is 5.75. The Morgan fingerprint density at radius 1 is 1.07 bits per heavy atom. The number of hydrogen-bond donors (Lipinski definition) is 2. The third-order valence-corrected chi connectivity index (χ3v) is 7.06. The molecule has 0 amide bonds. The van der Waals surface area contributed by atoms with Crippen molar-refractivity contribution in [2.45, 2.75) is 44.3 Å². The van der Waals surface area contributed by atoms with E-state index in [0.29, 0.717) is 16.6 Å². The second-order valence-electron chi connectivity index (χ2n) is 9.85. The van der Waals surface area contributed by atoms with E-state index in [0.717, 1.165) is 24.8 Å². The zero-order valence-corrected chi connectivity index (χ0v) is 21.8. The van der Waals surface area contributed by atoms with Crippen LogP contribution in [0.5, 0.6) is 0 Å². The van der Waals surface area contributed by atoms with Gasteiger partial charge in [-0.1, -0.05) is 54.6 Å². The second-order valence-corrected chi connectivity index (χ2v) is 9.85. The largest absolute Gasteiger partial charge is 0.377 e. The van der Waals surface area contributed by atoms with Crippen LogP contribution >= 0.6 is 0 Å². The van der Waals surface area contributed by atoms with Crippen LogP contribution in [0.3, 0.4) is 0 Å². The number of halogens is 2. The molecule has 1 aliphatic carbocycles. The maximum atomic E-state index is 15.6. The molecule has 2 N–H and O–H groups in total. The summed E-state index contributed by atoms with van der Waals surface area (Å²) >= 11 is 0. The standard InChI is InChI=1S/C31H27F2N7/c1-2-27(19-6-4-3-5-7-19)37-29-21(16-34)17-35-31-25(29)14-23(15-26(31)33)36-30(20-8-10-22(32)11-9-20)28-18-40(39-38-28)24-12-13-24/h3-11,14-15,17-18,24,27,30,36H,2,12-13H2,1H3,(H,35,37)/t27-,30-/m1/s1/i30D. The minimum atomic E-state index is -1.72.